The molecule has 20 heavy (non-hydrogen) atoms. The molecule has 0 amide bonds. The zero-order chi connectivity index (χ0) is 13.9. The highest BCUT2D eigenvalue weighted by atomic mass is 32.1. The summed E-state index contributed by atoms with van der Waals surface area (Å²) in [7, 11) is 2.13. The molecule has 1 saturated heterocycles. The van der Waals surface area contributed by atoms with Crippen LogP contribution in [0.2, 0.25) is 0 Å². The lowest BCUT2D eigenvalue weighted by atomic mass is 10.2. The molecule has 0 spiro atoms. The van der Waals surface area contributed by atoms with Gasteiger partial charge in [-0.3, -0.25) is 4.90 Å². The van der Waals surface area contributed by atoms with Crippen molar-refractivity contribution in [1.29, 1.82) is 0 Å². The molecule has 1 atom stereocenters. The first-order valence-corrected chi connectivity index (χ1v) is 7.86. The maximum Gasteiger partial charge on any atom is 0.131 e. The molecule has 106 valence electrons. The van der Waals surface area contributed by atoms with E-state index in [-0.39, 0.29) is 0 Å². The van der Waals surface area contributed by atoms with Crippen molar-refractivity contribution < 1.29 is 0 Å². The van der Waals surface area contributed by atoms with E-state index < -0.39 is 0 Å². The fraction of sp³-hybridized carbons (Fsp3) is 0.467. The molecule has 0 N–H and O–H groups in total. The van der Waals surface area contributed by atoms with Crippen LogP contribution >= 0.6 is 11.3 Å². The molecule has 1 aliphatic heterocycles. The van der Waals surface area contributed by atoms with Crippen LogP contribution in [0.25, 0.3) is 0 Å². The summed E-state index contributed by atoms with van der Waals surface area (Å²) in [5.41, 5.74) is 1.42. The molecule has 0 bridgehead atoms. The number of hydrogen-bond donors (Lipinski definition) is 0. The molecular formula is C15H20N4S. The summed E-state index contributed by atoms with van der Waals surface area (Å²) < 4.78 is 0. The summed E-state index contributed by atoms with van der Waals surface area (Å²) in [6, 6.07) is 4.73. The Morgan fingerprint density at radius 2 is 2.35 bits per heavy atom. The summed E-state index contributed by atoms with van der Waals surface area (Å²) in [6.45, 7) is 5.55. The fourth-order valence-electron chi connectivity index (χ4n) is 2.72. The average Bonchev–Trinajstić information content (AvgIpc) is 3.10. The van der Waals surface area contributed by atoms with Crippen molar-refractivity contribution >= 4 is 17.2 Å². The molecule has 1 unspecified atom stereocenters. The van der Waals surface area contributed by atoms with Gasteiger partial charge in [-0.2, -0.15) is 0 Å². The monoisotopic (exact) mass is 288 g/mol. The first-order valence-electron chi connectivity index (χ1n) is 6.98. The molecule has 1 aliphatic rings. The summed E-state index contributed by atoms with van der Waals surface area (Å²) in [5.74, 6) is 1.01. The van der Waals surface area contributed by atoms with Crippen molar-refractivity contribution in [3.8, 4) is 0 Å². The van der Waals surface area contributed by atoms with E-state index >= 15 is 0 Å². The third-order valence-electron chi connectivity index (χ3n) is 4.06. The van der Waals surface area contributed by atoms with Gasteiger partial charge in [0.25, 0.3) is 0 Å². The van der Waals surface area contributed by atoms with Crippen LogP contribution in [0.15, 0.2) is 30.0 Å². The molecule has 3 heterocycles. The Bertz CT molecular complexity index is 554. The van der Waals surface area contributed by atoms with E-state index in [4.69, 9.17) is 0 Å². The SMILES string of the molecule is Cc1ccsc1CN1CCC(N(C)c2ccncn2)C1. The Kier molecular flexibility index (Phi) is 3.98. The van der Waals surface area contributed by atoms with Crippen molar-refractivity contribution in [3.05, 3.63) is 40.5 Å². The van der Waals surface area contributed by atoms with E-state index in [9.17, 15) is 0 Å². The van der Waals surface area contributed by atoms with Crippen molar-refractivity contribution in [2.75, 3.05) is 25.0 Å². The largest absolute Gasteiger partial charge is 0.355 e. The van der Waals surface area contributed by atoms with Gasteiger partial charge >= 0.3 is 0 Å². The summed E-state index contributed by atoms with van der Waals surface area (Å²) >= 11 is 1.87. The Labute approximate surface area is 124 Å². The molecule has 2 aromatic rings. The van der Waals surface area contributed by atoms with Crippen molar-refractivity contribution in [2.45, 2.75) is 25.9 Å². The third-order valence-corrected chi connectivity index (χ3v) is 5.07. The predicted molar refractivity (Wildman–Crippen MR) is 83.2 cm³/mol. The molecule has 0 aromatic carbocycles. The molecule has 0 saturated carbocycles. The number of nitrogens with zero attached hydrogens (tertiary/aromatic N) is 4. The van der Waals surface area contributed by atoms with E-state index in [1.54, 1.807) is 12.5 Å². The van der Waals surface area contributed by atoms with Gasteiger partial charge in [0.15, 0.2) is 0 Å². The molecular weight excluding hydrogens is 268 g/mol. The highest BCUT2D eigenvalue weighted by Crippen LogP contribution is 2.23. The van der Waals surface area contributed by atoms with Gasteiger partial charge in [0.1, 0.15) is 12.1 Å². The lowest BCUT2D eigenvalue weighted by Gasteiger charge is -2.25. The zero-order valence-electron chi connectivity index (χ0n) is 12.0. The number of likely N-dealkylation sites (N-methyl/N-ethyl adjacent to an activating group) is 1. The Balaban J connectivity index is 1.61. The summed E-state index contributed by atoms with van der Waals surface area (Å²) in [5, 5.41) is 2.19. The Morgan fingerprint density at radius 1 is 1.45 bits per heavy atom. The molecule has 1 fully saturated rings. The average molecular weight is 288 g/mol. The van der Waals surface area contributed by atoms with E-state index in [0.717, 1.165) is 25.5 Å². The fourth-order valence-corrected chi connectivity index (χ4v) is 3.67. The predicted octanol–water partition coefficient (Wildman–Crippen LogP) is 2.56. The number of likely N-dealkylation sites (tertiary alicyclic amines) is 1. The molecule has 5 heteroatoms. The number of anilines is 1. The lowest BCUT2D eigenvalue weighted by molar-refractivity contribution is 0.328. The van der Waals surface area contributed by atoms with Gasteiger partial charge in [0.05, 0.1) is 0 Å². The van der Waals surface area contributed by atoms with Gasteiger partial charge in [-0.15, -0.1) is 11.3 Å². The van der Waals surface area contributed by atoms with E-state index in [2.05, 4.69) is 45.2 Å². The minimum Gasteiger partial charge on any atom is -0.355 e. The van der Waals surface area contributed by atoms with Crippen LogP contribution in [-0.4, -0.2) is 41.0 Å². The highest BCUT2D eigenvalue weighted by molar-refractivity contribution is 7.10. The van der Waals surface area contributed by atoms with Crippen molar-refractivity contribution in [1.82, 2.24) is 14.9 Å². The van der Waals surface area contributed by atoms with Crippen LogP contribution in [0.4, 0.5) is 5.82 Å². The van der Waals surface area contributed by atoms with E-state index in [0.29, 0.717) is 6.04 Å². The molecule has 4 nitrogen and oxygen atoms in total. The second-order valence-corrected chi connectivity index (χ2v) is 6.38. The number of aryl methyl sites for hydroxylation is 1. The second-order valence-electron chi connectivity index (χ2n) is 5.38. The lowest BCUT2D eigenvalue weighted by Crippen LogP contribution is -2.34. The number of thiophene rings is 1. The van der Waals surface area contributed by atoms with Crippen LogP contribution < -0.4 is 4.90 Å². The first kappa shape index (κ1) is 13.5. The maximum absolute atomic E-state index is 4.34. The number of hydrogen-bond acceptors (Lipinski definition) is 5. The minimum absolute atomic E-state index is 0.546. The molecule has 0 radical (unpaired) electrons. The standard InChI is InChI=1S/C15H20N4S/c1-12-5-8-20-14(12)10-19-7-4-13(9-19)18(2)15-3-6-16-11-17-15/h3,5-6,8,11,13H,4,7,9-10H2,1-2H3. The molecule has 0 aliphatic carbocycles. The summed E-state index contributed by atoms with van der Waals surface area (Å²) in [4.78, 5) is 14.6. The maximum atomic E-state index is 4.34. The normalized spacial score (nSPS) is 19.4. The second kappa shape index (κ2) is 5.89. The van der Waals surface area contributed by atoms with Gasteiger partial charge in [-0.1, -0.05) is 0 Å². The first-order chi connectivity index (χ1) is 9.74. The Morgan fingerprint density at radius 3 is 3.05 bits per heavy atom. The van der Waals surface area contributed by atoms with Crippen LogP contribution in [-0.2, 0) is 6.54 Å². The Hall–Kier alpha value is -1.46. The summed E-state index contributed by atoms with van der Waals surface area (Å²) in [6.07, 6.45) is 4.62. The molecule has 3 rings (SSSR count). The quantitative estimate of drug-likeness (QED) is 0.865. The van der Waals surface area contributed by atoms with E-state index in [1.165, 1.54) is 16.9 Å². The van der Waals surface area contributed by atoms with Gasteiger partial charge in [0, 0.05) is 43.8 Å². The van der Waals surface area contributed by atoms with Crippen molar-refractivity contribution in [2.24, 2.45) is 0 Å². The van der Waals surface area contributed by atoms with Gasteiger partial charge in [-0.05, 0) is 36.4 Å². The van der Waals surface area contributed by atoms with Gasteiger partial charge in [0.2, 0.25) is 0 Å². The number of aromatic nitrogens is 2. The highest BCUT2D eigenvalue weighted by Gasteiger charge is 2.26. The zero-order valence-corrected chi connectivity index (χ0v) is 12.8. The van der Waals surface area contributed by atoms with Gasteiger partial charge < -0.3 is 4.90 Å². The van der Waals surface area contributed by atoms with Crippen LogP contribution in [0.3, 0.4) is 0 Å². The minimum atomic E-state index is 0.546. The van der Waals surface area contributed by atoms with Gasteiger partial charge in [-0.25, -0.2) is 9.97 Å². The van der Waals surface area contributed by atoms with Crippen LogP contribution in [0.1, 0.15) is 16.9 Å². The topological polar surface area (TPSA) is 32.3 Å². The van der Waals surface area contributed by atoms with Crippen LogP contribution in [0, 0.1) is 6.92 Å². The smallest absolute Gasteiger partial charge is 0.131 e. The third kappa shape index (κ3) is 2.83. The number of rotatable bonds is 4. The van der Waals surface area contributed by atoms with Crippen LogP contribution in [0.5, 0.6) is 0 Å². The van der Waals surface area contributed by atoms with Crippen molar-refractivity contribution in [3.63, 3.8) is 0 Å². The van der Waals surface area contributed by atoms with E-state index in [1.807, 2.05) is 17.4 Å². The molecule has 2 aromatic heterocycles.